The summed E-state index contributed by atoms with van der Waals surface area (Å²) in [6, 6.07) is 0.215. The Bertz CT molecular complexity index is 207. The number of carbonyl (C=O) groups excluding carboxylic acids is 1. The molecule has 1 aliphatic heterocycles. The van der Waals surface area contributed by atoms with Gasteiger partial charge in [-0.15, -0.1) is 11.8 Å². The molecule has 0 radical (unpaired) electrons. The van der Waals surface area contributed by atoms with Crippen LogP contribution in [0.3, 0.4) is 0 Å². The maximum atomic E-state index is 11.7. The Morgan fingerprint density at radius 1 is 1.57 bits per heavy atom. The fourth-order valence-corrected chi connectivity index (χ4v) is 2.04. The average Bonchev–Trinajstić information content (AvgIpc) is 2.53. The van der Waals surface area contributed by atoms with Crippen LogP contribution in [0.1, 0.15) is 27.7 Å². The van der Waals surface area contributed by atoms with E-state index < -0.39 is 0 Å². The van der Waals surface area contributed by atoms with Crippen molar-refractivity contribution in [1.82, 2.24) is 10.6 Å². The van der Waals surface area contributed by atoms with Crippen LogP contribution in [0.15, 0.2) is 0 Å². The van der Waals surface area contributed by atoms with Gasteiger partial charge in [0.1, 0.15) is 0 Å². The quantitative estimate of drug-likeness (QED) is 0.729. The molecule has 0 aromatic heterocycles. The summed E-state index contributed by atoms with van der Waals surface area (Å²) in [5.41, 5.74) is 0.126. The molecule has 14 heavy (non-hydrogen) atoms. The lowest BCUT2D eigenvalue weighted by Gasteiger charge is -2.29. The molecule has 0 aromatic carbocycles. The van der Waals surface area contributed by atoms with Gasteiger partial charge in [-0.05, 0) is 12.3 Å². The second-order valence-electron chi connectivity index (χ2n) is 4.87. The first-order valence-electron chi connectivity index (χ1n) is 5.03. The maximum Gasteiger partial charge on any atom is 0.238 e. The van der Waals surface area contributed by atoms with E-state index in [0.29, 0.717) is 0 Å². The molecule has 1 amide bonds. The third-order valence-corrected chi connectivity index (χ3v) is 3.63. The lowest BCUT2D eigenvalue weighted by Crippen LogP contribution is -2.49. The third-order valence-electron chi connectivity index (χ3n) is 2.69. The summed E-state index contributed by atoms with van der Waals surface area (Å²) in [7, 11) is 0. The van der Waals surface area contributed by atoms with Gasteiger partial charge in [0.25, 0.3) is 0 Å². The van der Waals surface area contributed by atoms with E-state index in [9.17, 15) is 4.79 Å². The second-order valence-corrected chi connectivity index (χ2v) is 5.90. The third kappa shape index (κ3) is 3.17. The van der Waals surface area contributed by atoms with Gasteiger partial charge in [-0.25, -0.2) is 0 Å². The monoisotopic (exact) mass is 216 g/mol. The summed E-state index contributed by atoms with van der Waals surface area (Å²) >= 11 is 1.77. The van der Waals surface area contributed by atoms with Crippen LogP contribution in [0.4, 0.5) is 0 Å². The van der Waals surface area contributed by atoms with E-state index in [1.165, 1.54) is 0 Å². The number of thioether (sulfide) groups is 1. The molecular formula is C10H20N2OS. The molecule has 1 aliphatic rings. The Kier molecular flexibility index (Phi) is 3.84. The van der Waals surface area contributed by atoms with E-state index in [1.54, 1.807) is 11.8 Å². The zero-order valence-electron chi connectivity index (χ0n) is 9.39. The first-order valence-corrected chi connectivity index (χ1v) is 6.18. The van der Waals surface area contributed by atoms with Crippen molar-refractivity contribution in [1.29, 1.82) is 0 Å². The molecule has 3 nitrogen and oxygen atoms in total. The summed E-state index contributed by atoms with van der Waals surface area (Å²) in [6.07, 6.45) is 0. The van der Waals surface area contributed by atoms with Crippen molar-refractivity contribution >= 4 is 17.7 Å². The normalized spacial score (nSPS) is 24.7. The average molecular weight is 216 g/mol. The van der Waals surface area contributed by atoms with Gasteiger partial charge in [-0.2, -0.15) is 0 Å². The van der Waals surface area contributed by atoms with Crippen molar-refractivity contribution in [3.8, 4) is 0 Å². The lowest BCUT2D eigenvalue weighted by atomic mass is 9.88. The van der Waals surface area contributed by atoms with Crippen molar-refractivity contribution in [3.63, 3.8) is 0 Å². The predicted octanol–water partition coefficient (Wildman–Crippen LogP) is 1.20. The fraction of sp³-hybridized carbons (Fsp3) is 0.900. The minimum absolute atomic E-state index is 0.00444. The van der Waals surface area contributed by atoms with Crippen LogP contribution in [0.25, 0.3) is 0 Å². The predicted molar refractivity (Wildman–Crippen MR) is 61.3 cm³/mol. The van der Waals surface area contributed by atoms with Gasteiger partial charge in [-0.1, -0.05) is 20.8 Å². The molecule has 0 bridgehead atoms. The van der Waals surface area contributed by atoms with Crippen LogP contribution < -0.4 is 10.6 Å². The minimum atomic E-state index is 0.00444. The molecule has 1 saturated heterocycles. The second kappa shape index (κ2) is 4.53. The number of nitrogens with one attached hydrogen (secondary N) is 2. The SMILES string of the molecule is CC(NC(=O)C1CSCN1)C(C)(C)C. The molecule has 2 N–H and O–H groups in total. The van der Waals surface area contributed by atoms with E-state index in [4.69, 9.17) is 0 Å². The Morgan fingerprint density at radius 3 is 2.64 bits per heavy atom. The van der Waals surface area contributed by atoms with Gasteiger partial charge in [0.15, 0.2) is 0 Å². The van der Waals surface area contributed by atoms with Gasteiger partial charge in [-0.3, -0.25) is 10.1 Å². The Morgan fingerprint density at radius 2 is 2.21 bits per heavy atom. The highest BCUT2D eigenvalue weighted by molar-refractivity contribution is 7.99. The van der Waals surface area contributed by atoms with Gasteiger partial charge in [0, 0.05) is 17.7 Å². The van der Waals surface area contributed by atoms with E-state index >= 15 is 0 Å². The number of hydrogen-bond donors (Lipinski definition) is 2. The van der Waals surface area contributed by atoms with Crippen molar-refractivity contribution in [2.45, 2.75) is 39.8 Å². The molecule has 82 valence electrons. The highest BCUT2D eigenvalue weighted by Crippen LogP contribution is 2.19. The number of hydrogen-bond acceptors (Lipinski definition) is 3. The van der Waals surface area contributed by atoms with Gasteiger partial charge < -0.3 is 5.32 Å². The van der Waals surface area contributed by atoms with Crippen LogP contribution in [-0.2, 0) is 4.79 Å². The van der Waals surface area contributed by atoms with Crippen molar-refractivity contribution in [3.05, 3.63) is 0 Å². The van der Waals surface area contributed by atoms with Crippen molar-refractivity contribution in [2.75, 3.05) is 11.6 Å². The van der Waals surface area contributed by atoms with Crippen LogP contribution in [0.2, 0.25) is 0 Å². The smallest absolute Gasteiger partial charge is 0.238 e. The summed E-state index contributed by atoms with van der Waals surface area (Å²) in [4.78, 5) is 11.7. The maximum absolute atomic E-state index is 11.7. The standard InChI is InChI=1S/C10H20N2OS/c1-7(10(2,3)4)12-9(13)8-5-14-6-11-8/h7-8,11H,5-6H2,1-4H3,(H,12,13). The summed E-state index contributed by atoms with van der Waals surface area (Å²) < 4.78 is 0. The molecule has 1 rings (SSSR count). The van der Waals surface area contributed by atoms with Gasteiger partial charge >= 0.3 is 0 Å². The molecule has 1 fully saturated rings. The van der Waals surface area contributed by atoms with Crippen molar-refractivity contribution in [2.24, 2.45) is 5.41 Å². The molecule has 0 spiro atoms. The Hall–Kier alpha value is -0.220. The Balaban J connectivity index is 2.40. The van der Waals surface area contributed by atoms with E-state index in [1.807, 2.05) is 0 Å². The van der Waals surface area contributed by atoms with E-state index in [0.717, 1.165) is 11.6 Å². The number of carbonyl (C=O) groups is 1. The zero-order chi connectivity index (χ0) is 10.8. The van der Waals surface area contributed by atoms with E-state index in [-0.39, 0.29) is 23.4 Å². The van der Waals surface area contributed by atoms with Crippen LogP contribution in [0.5, 0.6) is 0 Å². The number of rotatable bonds is 2. The van der Waals surface area contributed by atoms with Crippen LogP contribution >= 0.6 is 11.8 Å². The molecule has 2 unspecified atom stereocenters. The molecule has 2 atom stereocenters. The fourth-order valence-electron chi connectivity index (χ4n) is 1.09. The summed E-state index contributed by atoms with van der Waals surface area (Å²) in [5, 5.41) is 6.21. The largest absolute Gasteiger partial charge is 0.352 e. The zero-order valence-corrected chi connectivity index (χ0v) is 10.2. The molecule has 0 aromatic rings. The highest BCUT2D eigenvalue weighted by Gasteiger charge is 2.27. The lowest BCUT2D eigenvalue weighted by molar-refractivity contribution is -0.123. The summed E-state index contributed by atoms with van der Waals surface area (Å²) in [5.74, 6) is 1.92. The molecule has 0 saturated carbocycles. The topological polar surface area (TPSA) is 41.1 Å². The van der Waals surface area contributed by atoms with Gasteiger partial charge in [0.05, 0.1) is 6.04 Å². The first kappa shape index (κ1) is 11.9. The number of amides is 1. The molecule has 0 aliphatic carbocycles. The summed E-state index contributed by atoms with van der Waals surface area (Å²) in [6.45, 7) is 8.46. The molecule has 4 heteroatoms. The molecule has 1 heterocycles. The van der Waals surface area contributed by atoms with E-state index in [2.05, 4.69) is 38.3 Å². The molecular weight excluding hydrogens is 196 g/mol. The van der Waals surface area contributed by atoms with Crippen LogP contribution in [0, 0.1) is 5.41 Å². The first-order chi connectivity index (χ1) is 6.41. The van der Waals surface area contributed by atoms with Crippen molar-refractivity contribution < 1.29 is 4.79 Å². The minimum Gasteiger partial charge on any atom is -0.352 e. The Labute approximate surface area is 90.4 Å². The highest BCUT2D eigenvalue weighted by atomic mass is 32.2. The van der Waals surface area contributed by atoms with Gasteiger partial charge in [0.2, 0.25) is 5.91 Å². The van der Waals surface area contributed by atoms with Crippen LogP contribution in [-0.4, -0.2) is 29.6 Å².